The highest BCUT2D eigenvalue weighted by Gasteiger charge is 2.12. The van der Waals surface area contributed by atoms with Crippen LogP contribution < -0.4 is 10.3 Å². The van der Waals surface area contributed by atoms with Gasteiger partial charge in [0, 0.05) is 17.2 Å². The maximum Gasteiger partial charge on any atom is 0.336 e. The van der Waals surface area contributed by atoms with Gasteiger partial charge in [0.15, 0.2) is 5.82 Å². The molecule has 0 bridgehead atoms. The first kappa shape index (κ1) is 22.7. The van der Waals surface area contributed by atoms with Crippen LogP contribution in [0.2, 0.25) is 0 Å². The molecule has 5 rings (SSSR count). The molecule has 6 heteroatoms. The van der Waals surface area contributed by atoms with Gasteiger partial charge in [0.2, 0.25) is 0 Å². The van der Waals surface area contributed by atoms with Crippen molar-refractivity contribution in [2.24, 2.45) is 5.10 Å². The molecule has 5 aromatic rings. The van der Waals surface area contributed by atoms with E-state index in [1.165, 1.54) is 17.0 Å². The van der Waals surface area contributed by atoms with Crippen molar-refractivity contribution in [2.45, 2.75) is 0 Å². The minimum Gasteiger partial charge on any atom is -0.423 e. The largest absolute Gasteiger partial charge is 0.423 e. The third-order valence-electron chi connectivity index (χ3n) is 5.44. The van der Waals surface area contributed by atoms with Crippen molar-refractivity contribution in [3.05, 3.63) is 137 Å². The van der Waals surface area contributed by atoms with E-state index in [0.29, 0.717) is 28.0 Å². The summed E-state index contributed by atoms with van der Waals surface area (Å²) >= 11 is 0. The Hall–Kier alpha value is -5.10. The van der Waals surface area contributed by atoms with E-state index in [9.17, 15) is 9.59 Å². The predicted octanol–water partition coefficient (Wildman–Crippen LogP) is 5.56. The number of nitrogens with zero attached hydrogens (tertiary/aromatic N) is 3. The Bertz CT molecular complexity index is 1640. The van der Waals surface area contributed by atoms with Crippen LogP contribution in [0.1, 0.15) is 11.1 Å². The van der Waals surface area contributed by atoms with E-state index in [-0.39, 0.29) is 5.56 Å². The summed E-state index contributed by atoms with van der Waals surface area (Å²) in [5, 5.41) is 4.93. The SMILES string of the molecule is O=C(/C=C/c1ccccc1)Oc1ccccc1C=Nn1c(-c2ccccc2)nc2ccccc2c1=O. The predicted molar refractivity (Wildman–Crippen MR) is 142 cm³/mol. The van der Waals surface area contributed by atoms with Crippen molar-refractivity contribution in [1.82, 2.24) is 9.66 Å². The molecule has 0 radical (unpaired) electrons. The number of carbonyl (C=O) groups is 1. The van der Waals surface area contributed by atoms with Crippen molar-refractivity contribution < 1.29 is 9.53 Å². The number of benzene rings is 4. The molecule has 1 heterocycles. The average Bonchev–Trinajstić information content (AvgIpc) is 2.93. The minimum atomic E-state index is -0.519. The first-order valence-electron chi connectivity index (χ1n) is 11.3. The molecule has 0 unspecified atom stereocenters. The number of para-hydroxylation sites is 2. The highest BCUT2D eigenvalue weighted by Crippen LogP contribution is 2.20. The minimum absolute atomic E-state index is 0.295. The van der Waals surface area contributed by atoms with Crippen molar-refractivity contribution in [3.8, 4) is 17.1 Å². The fourth-order valence-electron chi connectivity index (χ4n) is 3.68. The number of aromatic nitrogens is 2. The van der Waals surface area contributed by atoms with E-state index in [2.05, 4.69) is 5.10 Å². The molecule has 6 nitrogen and oxygen atoms in total. The quantitative estimate of drug-likeness (QED) is 0.141. The number of fused-ring (bicyclic) bond motifs is 1. The standard InChI is InChI=1S/C30H21N3O3/c34-28(20-19-22-11-3-1-4-12-22)36-27-18-10-7-15-24(27)21-31-33-29(23-13-5-2-6-14-23)32-26-17-9-8-16-25(26)30(33)35/h1-21H/b20-19+,31-21?. The van der Waals surface area contributed by atoms with Gasteiger partial charge < -0.3 is 4.74 Å². The van der Waals surface area contributed by atoms with Gasteiger partial charge in [-0.05, 0) is 35.9 Å². The van der Waals surface area contributed by atoms with Crippen LogP contribution in [0.3, 0.4) is 0 Å². The molecular formula is C30H21N3O3. The van der Waals surface area contributed by atoms with E-state index >= 15 is 0 Å². The van der Waals surface area contributed by atoms with Gasteiger partial charge in [0.05, 0.1) is 17.1 Å². The van der Waals surface area contributed by atoms with Crippen molar-refractivity contribution in [2.75, 3.05) is 0 Å². The molecule has 0 aliphatic heterocycles. The topological polar surface area (TPSA) is 73.5 Å². The molecular weight excluding hydrogens is 450 g/mol. The molecule has 36 heavy (non-hydrogen) atoms. The molecule has 1 aromatic heterocycles. The highest BCUT2D eigenvalue weighted by molar-refractivity contribution is 5.91. The van der Waals surface area contributed by atoms with Gasteiger partial charge in [0.25, 0.3) is 5.56 Å². The highest BCUT2D eigenvalue weighted by atomic mass is 16.5. The Balaban J connectivity index is 1.50. The Morgan fingerprint density at radius 1 is 0.806 bits per heavy atom. The number of esters is 1. The van der Waals surface area contributed by atoms with Crippen LogP contribution in [-0.4, -0.2) is 21.8 Å². The molecule has 0 saturated heterocycles. The molecule has 0 atom stereocenters. The van der Waals surface area contributed by atoms with E-state index in [1.807, 2.05) is 66.7 Å². The number of hydrogen-bond acceptors (Lipinski definition) is 5. The third kappa shape index (κ3) is 5.03. The Morgan fingerprint density at radius 2 is 1.47 bits per heavy atom. The summed E-state index contributed by atoms with van der Waals surface area (Å²) in [6.07, 6.45) is 4.55. The second kappa shape index (κ2) is 10.4. The number of rotatable bonds is 6. The monoisotopic (exact) mass is 471 g/mol. The Morgan fingerprint density at radius 3 is 2.28 bits per heavy atom. The van der Waals surface area contributed by atoms with Crippen molar-refractivity contribution >= 4 is 29.2 Å². The summed E-state index contributed by atoms with van der Waals surface area (Å²) in [5.74, 6) is 0.219. The van der Waals surface area contributed by atoms with Crippen LogP contribution >= 0.6 is 0 Å². The van der Waals surface area contributed by atoms with Gasteiger partial charge in [-0.25, -0.2) is 9.78 Å². The van der Waals surface area contributed by atoms with Crippen molar-refractivity contribution in [3.63, 3.8) is 0 Å². The Kier molecular flexibility index (Phi) is 6.58. The number of hydrogen-bond donors (Lipinski definition) is 0. The van der Waals surface area contributed by atoms with Crippen LogP contribution in [0, 0.1) is 0 Å². The lowest BCUT2D eigenvalue weighted by molar-refractivity contribution is -0.128. The van der Waals surface area contributed by atoms with Gasteiger partial charge in [-0.1, -0.05) is 84.9 Å². The summed E-state index contributed by atoms with van der Waals surface area (Å²) in [7, 11) is 0. The Labute approximate surface area is 207 Å². The lowest BCUT2D eigenvalue weighted by Gasteiger charge is -2.10. The summed E-state index contributed by atoms with van der Waals surface area (Å²) < 4.78 is 6.82. The van der Waals surface area contributed by atoms with Crippen LogP contribution in [0.15, 0.2) is 125 Å². The summed E-state index contributed by atoms with van der Waals surface area (Å²) in [4.78, 5) is 30.5. The molecule has 0 saturated carbocycles. The molecule has 4 aromatic carbocycles. The molecule has 0 fully saturated rings. The lowest BCUT2D eigenvalue weighted by Crippen LogP contribution is -2.20. The van der Waals surface area contributed by atoms with Crippen LogP contribution in [0.5, 0.6) is 5.75 Å². The normalized spacial score (nSPS) is 11.3. The molecule has 0 spiro atoms. The first-order valence-corrected chi connectivity index (χ1v) is 11.3. The fourth-order valence-corrected chi connectivity index (χ4v) is 3.68. The van der Waals surface area contributed by atoms with E-state index in [4.69, 9.17) is 9.72 Å². The van der Waals surface area contributed by atoms with Gasteiger partial charge in [-0.15, -0.1) is 0 Å². The van der Waals surface area contributed by atoms with Gasteiger partial charge in [-0.2, -0.15) is 9.78 Å². The summed E-state index contributed by atoms with van der Waals surface area (Å²) in [6.45, 7) is 0. The molecule has 174 valence electrons. The van der Waals surface area contributed by atoms with E-state index in [0.717, 1.165) is 11.1 Å². The zero-order valence-electron chi connectivity index (χ0n) is 19.2. The van der Waals surface area contributed by atoms with Crippen LogP contribution in [0.4, 0.5) is 0 Å². The van der Waals surface area contributed by atoms with Crippen LogP contribution in [-0.2, 0) is 4.79 Å². The maximum absolute atomic E-state index is 13.3. The van der Waals surface area contributed by atoms with Gasteiger partial charge in [0.1, 0.15) is 5.75 Å². The number of ether oxygens (including phenoxy) is 1. The van der Waals surface area contributed by atoms with Gasteiger partial charge in [-0.3, -0.25) is 4.79 Å². The smallest absolute Gasteiger partial charge is 0.336 e. The lowest BCUT2D eigenvalue weighted by atomic mass is 10.2. The van der Waals surface area contributed by atoms with E-state index < -0.39 is 5.97 Å². The van der Waals surface area contributed by atoms with E-state index in [1.54, 1.807) is 48.5 Å². The third-order valence-corrected chi connectivity index (χ3v) is 5.44. The summed E-state index contributed by atoms with van der Waals surface area (Å²) in [6, 6.07) is 33.0. The second-order valence-electron chi connectivity index (χ2n) is 7.88. The summed E-state index contributed by atoms with van der Waals surface area (Å²) in [5.41, 5.74) is 2.48. The molecule has 0 N–H and O–H groups in total. The molecule has 0 aliphatic carbocycles. The van der Waals surface area contributed by atoms with Crippen molar-refractivity contribution in [1.29, 1.82) is 0 Å². The molecule has 0 aliphatic rings. The zero-order chi connectivity index (χ0) is 24.7. The molecule has 0 amide bonds. The van der Waals surface area contributed by atoms with Gasteiger partial charge >= 0.3 is 5.97 Å². The first-order chi connectivity index (χ1) is 17.7. The average molecular weight is 472 g/mol. The van der Waals surface area contributed by atoms with Crippen LogP contribution in [0.25, 0.3) is 28.4 Å². The number of carbonyl (C=O) groups excluding carboxylic acids is 1. The second-order valence-corrected chi connectivity index (χ2v) is 7.88. The fraction of sp³-hybridized carbons (Fsp3) is 0. The zero-order valence-corrected chi connectivity index (χ0v) is 19.2. The maximum atomic E-state index is 13.3.